The zero-order valence-electron chi connectivity index (χ0n) is 11.1. The van der Waals surface area contributed by atoms with Crippen LogP contribution in [-0.4, -0.2) is 24.0 Å². The number of carbonyl (C=O) groups excluding carboxylic acids is 3. The Kier molecular flexibility index (Phi) is 5.54. The van der Waals surface area contributed by atoms with E-state index in [0.717, 1.165) is 18.9 Å². The van der Waals surface area contributed by atoms with E-state index >= 15 is 0 Å². The summed E-state index contributed by atoms with van der Waals surface area (Å²) in [5.41, 5.74) is 5.31. The van der Waals surface area contributed by atoms with Gasteiger partial charge in [-0.1, -0.05) is 19.4 Å². The van der Waals surface area contributed by atoms with Crippen LogP contribution in [0.4, 0.5) is 0 Å². The van der Waals surface area contributed by atoms with Crippen LogP contribution in [0, 0.1) is 11.8 Å². The van der Waals surface area contributed by atoms with Gasteiger partial charge in [-0.3, -0.25) is 9.59 Å². The first kappa shape index (κ1) is 15.2. The van der Waals surface area contributed by atoms with E-state index in [1.165, 1.54) is 0 Å². The maximum absolute atomic E-state index is 12.1. The summed E-state index contributed by atoms with van der Waals surface area (Å²) in [6.45, 7) is 4.81. The number of primary amides is 1. The molecule has 19 heavy (non-hydrogen) atoms. The molecule has 3 atom stereocenters. The van der Waals surface area contributed by atoms with Gasteiger partial charge in [-0.2, -0.15) is 0 Å². The molecule has 2 amide bonds. The Hall–Kier alpha value is -1.85. The standard InChI is InChI=1S/C13H20N2O4/c1-3-11(16)19-8(2)15-13(18)10-7-5-4-6-9(10)12(14)17/h3,8-10H,1,4-7H2,2H3,(H2,14,17)(H,15,18). The summed E-state index contributed by atoms with van der Waals surface area (Å²) < 4.78 is 4.85. The Labute approximate surface area is 112 Å². The molecule has 0 bridgehead atoms. The number of carbonyl (C=O) groups is 3. The molecule has 0 aromatic rings. The number of rotatable bonds is 5. The SMILES string of the molecule is C=CC(=O)OC(C)NC(=O)C1CCCCC1C(N)=O. The highest BCUT2D eigenvalue weighted by molar-refractivity contribution is 5.87. The molecule has 3 unspecified atom stereocenters. The Balaban J connectivity index is 2.57. The second kappa shape index (κ2) is 6.92. The third-order valence-electron chi connectivity index (χ3n) is 3.27. The van der Waals surface area contributed by atoms with Gasteiger partial charge in [-0.15, -0.1) is 0 Å². The first-order chi connectivity index (χ1) is 8.95. The van der Waals surface area contributed by atoms with E-state index in [4.69, 9.17) is 10.5 Å². The van der Waals surface area contributed by atoms with Crippen molar-refractivity contribution >= 4 is 17.8 Å². The van der Waals surface area contributed by atoms with Crippen LogP contribution in [0.1, 0.15) is 32.6 Å². The van der Waals surface area contributed by atoms with E-state index < -0.39 is 29.9 Å². The van der Waals surface area contributed by atoms with Crippen molar-refractivity contribution in [3.63, 3.8) is 0 Å². The van der Waals surface area contributed by atoms with Gasteiger partial charge in [0.05, 0.1) is 0 Å². The van der Waals surface area contributed by atoms with Gasteiger partial charge in [0.1, 0.15) is 0 Å². The van der Waals surface area contributed by atoms with E-state index in [9.17, 15) is 14.4 Å². The molecule has 0 aromatic carbocycles. The van der Waals surface area contributed by atoms with Gasteiger partial charge < -0.3 is 15.8 Å². The van der Waals surface area contributed by atoms with Crippen LogP contribution >= 0.6 is 0 Å². The Morgan fingerprint density at radius 2 is 1.89 bits per heavy atom. The quantitative estimate of drug-likeness (QED) is 0.430. The monoisotopic (exact) mass is 268 g/mol. The van der Waals surface area contributed by atoms with Crippen molar-refractivity contribution in [1.29, 1.82) is 0 Å². The highest BCUT2D eigenvalue weighted by atomic mass is 16.6. The van der Waals surface area contributed by atoms with Crippen molar-refractivity contribution in [3.8, 4) is 0 Å². The minimum absolute atomic E-state index is 0.298. The average Bonchev–Trinajstić information content (AvgIpc) is 2.38. The Bertz CT molecular complexity index is 381. The minimum atomic E-state index is -0.756. The predicted molar refractivity (Wildman–Crippen MR) is 68.5 cm³/mol. The van der Waals surface area contributed by atoms with Gasteiger partial charge in [-0.25, -0.2) is 4.79 Å². The number of hydrogen-bond acceptors (Lipinski definition) is 4. The number of nitrogens with one attached hydrogen (secondary N) is 1. The molecule has 1 aliphatic carbocycles. The van der Waals surface area contributed by atoms with Crippen LogP contribution in [0.25, 0.3) is 0 Å². The van der Waals surface area contributed by atoms with Crippen molar-refractivity contribution in [2.75, 3.05) is 0 Å². The van der Waals surface area contributed by atoms with E-state index in [2.05, 4.69) is 11.9 Å². The molecule has 106 valence electrons. The number of amides is 2. The lowest BCUT2D eigenvalue weighted by atomic mass is 9.78. The fraction of sp³-hybridized carbons (Fsp3) is 0.615. The minimum Gasteiger partial charge on any atom is -0.439 e. The number of ether oxygens (including phenoxy) is 1. The van der Waals surface area contributed by atoms with Gasteiger partial charge in [0.2, 0.25) is 11.8 Å². The predicted octanol–water partition coefficient (Wildman–Crippen LogP) is 0.469. The lowest BCUT2D eigenvalue weighted by molar-refractivity contribution is -0.147. The first-order valence-corrected chi connectivity index (χ1v) is 6.38. The maximum atomic E-state index is 12.1. The van der Waals surface area contributed by atoms with Crippen LogP contribution in [0.2, 0.25) is 0 Å². The van der Waals surface area contributed by atoms with Gasteiger partial charge >= 0.3 is 5.97 Å². The van der Waals surface area contributed by atoms with Crippen molar-refractivity contribution < 1.29 is 19.1 Å². The molecule has 1 fully saturated rings. The van der Waals surface area contributed by atoms with E-state index in [-0.39, 0.29) is 5.91 Å². The topological polar surface area (TPSA) is 98.5 Å². The number of nitrogens with two attached hydrogens (primary N) is 1. The zero-order valence-corrected chi connectivity index (χ0v) is 11.1. The lowest BCUT2D eigenvalue weighted by Gasteiger charge is -2.29. The highest BCUT2D eigenvalue weighted by Gasteiger charge is 2.35. The maximum Gasteiger partial charge on any atom is 0.332 e. The third-order valence-corrected chi connectivity index (χ3v) is 3.27. The third kappa shape index (κ3) is 4.39. The van der Waals surface area contributed by atoms with Gasteiger partial charge in [0.15, 0.2) is 6.23 Å². The van der Waals surface area contributed by atoms with Crippen LogP contribution in [0.3, 0.4) is 0 Å². The summed E-state index contributed by atoms with van der Waals surface area (Å²) in [6, 6.07) is 0. The summed E-state index contributed by atoms with van der Waals surface area (Å²) >= 11 is 0. The molecule has 6 nitrogen and oxygen atoms in total. The van der Waals surface area contributed by atoms with Crippen molar-refractivity contribution in [1.82, 2.24) is 5.32 Å². The lowest BCUT2D eigenvalue weighted by Crippen LogP contribution is -2.45. The molecule has 0 spiro atoms. The number of esters is 1. The molecular weight excluding hydrogens is 248 g/mol. The molecule has 6 heteroatoms. The molecule has 3 N–H and O–H groups in total. The molecule has 0 aromatic heterocycles. The molecule has 0 radical (unpaired) electrons. The van der Waals surface area contributed by atoms with Gasteiger partial charge in [-0.05, 0) is 19.8 Å². The van der Waals surface area contributed by atoms with E-state index in [1.54, 1.807) is 6.92 Å². The van der Waals surface area contributed by atoms with Crippen molar-refractivity contribution in [3.05, 3.63) is 12.7 Å². The summed E-state index contributed by atoms with van der Waals surface area (Å²) in [5.74, 6) is -2.22. The van der Waals surface area contributed by atoms with Crippen LogP contribution in [-0.2, 0) is 19.1 Å². The molecule has 1 aliphatic rings. The van der Waals surface area contributed by atoms with Gasteiger partial charge in [0.25, 0.3) is 0 Å². The summed E-state index contributed by atoms with van der Waals surface area (Å²) in [4.78, 5) is 34.4. The normalized spacial score (nSPS) is 24.1. The van der Waals surface area contributed by atoms with Gasteiger partial charge in [0, 0.05) is 17.9 Å². The van der Waals surface area contributed by atoms with E-state index in [1.807, 2.05) is 0 Å². The zero-order chi connectivity index (χ0) is 14.4. The van der Waals surface area contributed by atoms with Crippen LogP contribution in [0.5, 0.6) is 0 Å². The fourth-order valence-electron chi connectivity index (χ4n) is 2.34. The Morgan fingerprint density at radius 1 is 1.32 bits per heavy atom. The second-order valence-corrected chi connectivity index (χ2v) is 4.69. The van der Waals surface area contributed by atoms with Crippen molar-refractivity contribution in [2.24, 2.45) is 17.6 Å². The molecule has 1 saturated carbocycles. The molecular formula is C13H20N2O4. The smallest absolute Gasteiger partial charge is 0.332 e. The largest absolute Gasteiger partial charge is 0.439 e. The number of hydrogen-bond donors (Lipinski definition) is 2. The van der Waals surface area contributed by atoms with Crippen molar-refractivity contribution in [2.45, 2.75) is 38.8 Å². The summed E-state index contributed by atoms with van der Waals surface area (Å²) in [7, 11) is 0. The average molecular weight is 268 g/mol. The summed E-state index contributed by atoms with van der Waals surface area (Å²) in [6.07, 6.45) is 3.32. The Morgan fingerprint density at radius 3 is 2.42 bits per heavy atom. The highest BCUT2D eigenvalue weighted by Crippen LogP contribution is 2.30. The molecule has 0 heterocycles. The summed E-state index contributed by atoms with van der Waals surface area (Å²) in [5, 5.41) is 2.56. The fourth-order valence-corrected chi connectivity index (χ4v) is 2.34. The molecule has 0 aliphatic heterocycles. The van der Waals surface area contributed by atoms with Crippen LogP contribution in [0.15, 0.2) is 12.7 Å². The first-order valence-electron chi connectivity index (χ1n) is 6.38. The van der Waals surface area contributed by atoms with Crippen LogP contribution < -0.4 is 11.1 Å². The second-order valence-electron chi connectivity index (χ2n) is 4.69. The molecule has 0 saturated heterocycles. The molecule has 1 rings (SSSR count). The van der Waals surface area contributed by atoms with E-state index in [0.29, 0.717) is 12.8 Å².